The predicted octanol–water partition coefficient (Wildman–Crippen LogP) is 3.76. The maximum atomic E-state index is 11.6. The lowest BCUT2D eigenvalue weighted by Crippen LogP contribution is -2.40. The molecule has 0 aliphatic carbocycles. The summed E-state index contributed by atoms with van der Waals surface area (Å²) in [5.74, 6) is -0.597. The van der Waals surface area contributed by atoms with Crippen LogP contribution in [0, 0.1) is 5.41 Å². The lowest BCUT2D eigenvalue weighted by molar-refractivity contribution is -0.143. The van der Waals surface area contributed by atoms with E-state index >= 15 is 0 Å². The molecule has 0 aromatic rings. The van der Waals surface area contributed by atoms with E-state index in [0.29, 0.717) is 0 Å². The topological polar surface area (TPSA) is 29.1 Å². The number of hydrogen-bond donors (Lipinski definition) is 1. The zero-order valence-corrected chi connectivity index (χ0v) is 11.2. The summed E-state index contributed by atoms with van der Waals surface area (Å²) in [5.41, 5.74) is -0.773. The number of alkyl halides is 3. The first-order valence-electron chi connectivity index (χ1n) is 5.48. The van der Waals surface area contributed by atoms with E-state index in [1.807, 2.05) is 27.7 Å². The average Bonchev–Trinajstić information content (AvgIpc) is 2.18. The Labute approximate surface area is 96.6 Å². The molecule has 0 saturated heterocycles. The zero-order valence-electron chi connectivity index (χ0n) is 11.2. The Hall–Kier alpha value is -0.740. The van der Waals surface area contributed by atoms with Crippen molar-refractivity contribution in [2.75, 3.05) is 6.54 Å². The van der Waals surface area contributed by atoms with Gasteiger partial charge in [0, 0.05) is 5.41 Å². The first-order chi connectivity index (χ1) is 7.13. The van der Waals surface area contributed by atoms with Gasteiger partial charge in [-0.3, -0.25) is 4.79 Å². The fourth-order valence-corrected chi connectivity index (χ4v) is 0.446. The number of rotatable bonds is 1. The van der Waals surface area contributed by atoms with Gasteiger partial charge >= 0.3 is 6.18 Å². The normalized spacial score (nSPS) is 10.4. The van der Waals surface area contributed by atoms with Crippen LogP contribution in [0.1, 0.15) is 48.5 Å². The minimum absolute atomic E-state index is 0.597. The van der Waals surface area contributed by atoms with Gasteiger partial charge in [0.15, 0.2) is 0 Å². The fourth-order valence-electron chi connectivity index (χ4n) is 0.446. The van der Waals surface area contributed by atoms with Crippen molar-refractivity contribution in [2.45, 2.75) is 54.6 Å². The van der Waals surface area contributed by atoms with Crippen LogP contribution in [0.3, 0.4) is 0 Å². The summed E-state index contributed by atoms with van der Waals surface area (Å²) >= 11 is 0. The van der Waals surface area contributed by atoms with Gasteiger partial charge in [-0.1, -0.05) is 48.5 Å². The predicted molar refractivity (Wildman–Crippen MR) is 61.2 cm³/mol. The van der Waals surface area contributed by atoms with E-state index < -0.39 is 24.0 Å². The average molecular weight is 243 g/mol. The SMILES string of the molecule is CC.CC.CC(C)(C)C(=O)NCC(F)(F)F. The van der Waals surface area contributed by atoms with Crippen molar-refractivity contribution in [3.63, 3.8) is 0 Å². The summed E-state index contributed by atoms with van der Waals surface area (Å²) < 4.78 is 34.8. The molecule has 16 heavy (non-hydrogen) atoms. The van der Waals surface area contributed by atoms with Gasteiger partial charge < -0.3 is 5.32 Å². The van der Waals surface area contributed by atoms with E-state index in [1.165, 1.54) is 0 Å². The van der Waals surface area contributed by atoms with Crippen molar-refractivity contribution < 1.29 is 18.0 Å². The van der Waals surface area contributed by atoms with E-state index in [-0.39, 0.29) is 0 Å². The third kappa shape index (κ3) is 15.7. The van der Waals surface area contributed by atoms with Crippen molar-refractivity contribution in [3.05, 3.63) is 0 Å². The summed E-state index contributed by atoms with van der Waals surface area (Å²) in [6.45, 7) is 11.4. The van der Waals surface area contributed by atoms with Crippen LogP contribution in [0.2, 0.25) is 0 Å². The van der Waals surface area contributed by atoms with Crippen LogP contribution in [0.25, 0.3) is 0 Å². The molecule has 0 aromatic carbocycles. The van der Waals surface area contributed by atoms with Gasteiger partial charge in [0.2, 0.25) is 5.91 Å². The van der Waals surface area contributed by atoms with Crippen LogP contribution < -0.4 is 5.32 Å². The molecule has 5 heteroatoms. The van der Waals surface area contributed by atoms with Crippen molar-refractivity contribution in [3.8, 4) is 0 Å². The van der Waals surface area contributed by atoms with Crippen LogP contribution in [0.4, 0.5) is 13.2 Å². The number of carbonyl (C=O) groups is 1. The molecule has 0 radical (unpaired) electrons. The van der Waals surface area contributed by atoms with Crippen LogP contribution >= 0.6 is 0 Å². The maximum absolute atomic E-state index is 11.6. The highest BCUT2D eigenvalue weighted by Crippen LogP contribution is 2.16. The summed E-state index contributed by atoms with van der Waals surface area (Å²) in [6.07, 6.45) is -4.33. The molecule has 0 rings (SSSR count). The lowest BCUT2D eigenvalue weighted by Gasteiger charge is -2.18. The number of carbonyl (C=O) groups excluding carboxylic acids is 1. The quantitative estimate of drug-likeness (QED) is 0.746. The first kappa shape index (κ1) is 20.6. The molecule has 0 spiro atoms. The summed E-state index contributed by atoms with van der Waals surface area (Å²) in [7, 11) is 0. The van der Waals surface area contributed by atoms with Gasteiger partial charge in [-0.25, -0.2) is 0 Å². The van der Waals surface area contributed by atoms with E-state index in [2.05, 4.69) is 0 Å². The Balaban J connectivity index is -0.000000376. The smallest absolute Gasteiger partial charge is 0.347 e. The second-order valence-corrected chi connectivity index (χ2v) is 3.55. The molecule has 0 aliphatic heterocycles. The van der Waals surface area contributed by atoms with Crippen LogP contribution in [-0.4, -0.2) is 18.6 Å². The summed E-state index contributed by atoms with van der Waals surface area (Å²) in [6, 6.07) is 0. The Morgan fingerprint density at radius 2 is 1.31 bits per heavy atom. The standard InChI is InChI=1S/C7H12F3NO.2C2H6/c1-6(2,3)5(12)11-4-7(8,9)10;2*1-2/h4H2,1-3H3,(H,11,12);2*1-2H3. The molecular weight excluding hydrogens is 219 g/mol. The minimum Gasteiger partial charge on any atom is -0.347 e. The molecule has 0 bridgehead atoms. The van der Waals surface area contributed by atoms with Crippen molar-refractivity contribution in [1.82, 2.24) is 5.32 Å². The maximum Gasteiger partial charge on any atom is 0.405 e. The molecule has 0 aliphatic rings. The third-order valence-electron chi connectivity index (χ3n) is 1.13. The Morgan fingerprint density at radius 3 is 1.50 bits per heavy atom. The second-order valence-electron chi connectivity index (χ2n) is 3.55. The highest BCUT2D eigenvalue weighted by atomic mass is 19.4. The molecule has 100 valence electrons. The molecule has 2 nitrogen and oxygen atoms in total. The fraction of sp³-hybridized carbons (Fsp3) is 0.909. The Kier molecular flexibility index (Phi) is 12.2. The van der Waals surface area contributed by atoms with Gasteiger partial charge in [0.05, 0.1) is 0 Å². The first-order valence-corrected chi connectivity index (χ1v) is 5.48. The van der Waals surface area contributed by atoms with Crippen molar-refractivity contribution in [1.29, 1.82) is 0 Å². The van der Waals surface area contributed by atoms with Crippen molar-refractivity contribution in [2.24, 2.45) is 5.41 Å². The molecule has 0 unspecified atom stereocenters. The highest BCUT2D eigenvalue weighted by molar-refractivity contribution is 5.81. The monoisotopic (exact) mass is 243 g/mol. The highest BCUT2D eigenvalue weighted by Gasteiger charge is 2.30. The molecule has 0 aromatic heterocycles. The molecule has 1 amide bonds. The molecular formula is C11H24F3NO. The largest absolute Gasteiger partial charge is 0.405 e. The Morgan fingerprint density at radius 1 is 1.00 bits per heavy atom. The van der Waals surface area contributed by atoms with Crippen LogP contribution in [0.5, 0.6) is 0 Å². The summed E-state index contributed by atoms with van der Waals surface area (Å²) in [5, 5.41) is 1.80. The molecule has 0 atom stereocenters. The van der Waals surface area contributed by atoms with Crippen LogP contribution in [-0.2, 0) is 4.79 Å². The van der Waals surface area contributed by atoms with E-state index in [1.54, 1.807) is 26.1 Å². The lowest BCUT2D eigenvalue weighted by atomic mass is 9.96. The van der Waals surface area contributed by atoms with E-state index in [4.69, 9.17) is 0 Å². The Bertz CT molecular complexity index is 171. The number of hydrogen-bond acceptors (Lipinski definition) is 1. The van der Waals surface area contributed by atoms with Crippen molar-refractivity contribution >= 4 is 5.91 Å². The van der Waals surface area contributed by atoms with Gasteiger partial charge in [-0.2, -0.15) is 13.2 Å². The van der Waals surface area contributed by atoms with Crippen LogP contribution in [0.15, 0.2) is 0 Å². The number of amides is 1. The molecule has 0 heterocycles. The molecule has 0 fully saturated rings. The van der Waals surface area contributed by atoms with Gasteiger partial charge in [0.25, 0.3) is 0 Å². The van der Waals surface area contributed by atoms with Gasteiger partial charge in [-0.05, 0) is 0 Å². The number of halogens is 3. The van der Waals surface area contributed by atoms with Gasteiger partial charge in [0.1, 0.15) is 6.54 Å². The minimum atomic E-state index is -4.33. The van der Waals surface area contributed by atoms with Gasteiger partial charge in [-0.15, -0.1) is 0 Å². The number of nitrogens with one attached hydrogen (secondary N) is 1. The molecule has 1 N–H and O–H groups in total. The van der Waals surface area contributed by atoms with E-state index in [0.717, 1.165) is 0 Å². The second kappa shape index (κ2) is 9.48. The molecule has 0 saturated carbocycles. The third-order valence-corrected chi connectivity index (χ3v) is 1.13. The van der Waals surface area contributed by atoms with E-state index in [9.17, 15) is 18.0 Å². The summed E-state index contributed by atoms with van der Waals surface area (Å²) in [4.78, 5) is 10.9. The zero-order chi connectivity index (χ0) is 14.0.